The summed E-state index contributed by atoms with van der Waals surface area (Å²) in [6.07, 6.45) is 0.840. The summed E-state index contributed by atoms with van der Waals surface area (Å²) in [5, 5.41) is 2.93. The van der Waals surface area contributed by atoms with Crippen LogP contribution >= 0.6 is 0 Å². The van der Waals surface area contributed by atoms with E-state index in [4.69, 9.17) is 5.73 Å². The highest BCUT2D eigenvalue weighted by molar-refractivity contribution is 5.94. The maximum Gasteiger partial charge on any atom is 0.251 e. The van der Waals surface area contributed by atoms with Crippen molar-refractivity contribution < 1.29 is 4.79 Å². The van der Waals surface area contributed by atoms with E-state index in [2.05, 4.69) is 37.4 Å². The lowest BCUT2D eigenvalue weighted by Crippen LogP contribution is -2.25. The highest BCUT2D eigenvalue weighted by atomic mass is 16.1. The van der Waals surface area contributed by atoms with Crippen LogP contribution in [0.3, 0.4) is 0 Å². The molecule has 0 atom stereocenters. The number of hydrogen-bond donors (Lipinski definition) is 2. The lowest BCUT2D eigenvalue weighted by molar-refractivity contribution is 0.0954. The second-order valence-corrected chi connectivity index (χ2v) is 5.06. The number of hydrogen-bond acceptors (Lipinski definition) is 2. The lowest BCUT2D eigenvalue weighted by Gasteiger charge is -2.08. The van der Waals surface area contributed by atoms with Crippen molar-refractivity contribution in [3.63, 3.8) is 0 Å². The SMILES string of the molecule is Cc1ccc(CCNC(=O)c2ccc(N)cc2)c(C)c1. The average Bonchev–Trinajstić information content (AvgIpc) is 2.42. The van der Waals surface area contributed by atoms with Gasteiger partial charge in [0.2, 0.25) is 0 Å². The smallest absolute Gasteiger partial charge is 0.251 e. The molecule has 0 unspecified atom stereocenters. The summed E-state index contributed by atoms with van der Waals surface area (Å²) in [6.45, 7) is 4.82. The third-order valence-electron chi connectivity index (χ3n) is 3.35. The predicted molar refractivity (Wildman–Crippen MR) is 82.8 cm³/mol. The number of nitrogen functional groups attached to an aromatic ring is 1. The van der Waals surface area contributed by atoms with Gasteiger partial charge in [-0.1, -0.05) is 23.8 Å². The molecule has 0 radical (unpaired) electrons. The Balaban J connectivity index is 1.89. The number of carbonyl (C=O) groups excluding carboxylic acids is 1. The molecule has 3 heteroatoms. The van der Waals surface area contributed by atoms with Gasteiger partial charge in [0.15, 0.2) is 0 Å². The minimum Gasteiger partial charge on any atom is -0.399 e. The van der Waals surface area contributed by atoms with Crippen molar-refractivity contribution in [2.75, 3.05) is 12.3 Å². The van der Waals surface area contributed by atoms with Gasteiger partial charge in [-0.15, -0.1) is 0 Å². The summed E-state index contributed by atoms with van der Waals surface area (Å²) in [5.74, 6) is -0.0604. The van der Waals surface area contributed by atoms with Crippen LogP contribution in [-0.4, -0.2) is 12.5 Å². The van der Waals surface area contributed by atoms with Crippen LogP contribution in [0.15, 0.2) is 42.5 Å². The number of benzene rings is 2. The first-order chi connectivity index (χ1) is 9.56. The summed E-state index contributed by atoms with van der Waals surface area (Å²) < 4.78 is 0. The van der Waals surface area contributed by atoms with Gasteiger partial charge >= 0.3 is 0 Å². The third-order valence-corrected chi connectivity index (χ3v) is 3.35. The molecular formula is C17H20N2O. The summed E-state index contributed by atoms with van der Waals surface area (Å²) in [4.78, 5) is 11.9. The molecule has 0 heterocycles. The van der Waals surface area contributed by atoms with Crippen LogP contribution in [0.2, 0.25) is 0 Å². The molecule has 0 aliphatic heterocycles. The average molecular weight is 268 g/mol. The molecule has 1 amide bonds. The fourth-order valence-electron chi connectivity index (χ4n) is 2.17. The molecule has 0 bridgehead atoms. The van der Waals surface area contributed by atoms with Crippen LogP contribution in [-0.2, 0) is 6.42 Å². The zero-order valence-electron chi connectivity index (χ0n) is 11.9. The van der Waals surface area contributed by atoms with Gasteiger partial charge in [0.1, 0.15) is 0 Å². The van der Waals surface area contributed by atoms with Crippen molar-refractivity contribution in [2.24, 2.45) is 0 Å². The number of nitrogens with one attached hydrogen (secondary N) is 1. The molecule has 0 fully saturated rings. The number of nitrogens with two attached hydrogens (primary N) is 1. The molecule has 0 spiro atoms. The number of rotatable bonds is 4. The first-order valence-corrected chi connectivity index (χ1v) is 6.76. The summed E-state index contributed by atoms with van der Waals surface area (Å²) in [6, 6.07) is 13.3. The zero-order valence-corrected chi connectivity index (χ0v) is 11.9. The first-order valence-electron chi connectivity index (χ1n) is 6.76. The van der Waals surface area contributed by atoms with Gasteiger partial charge in [-0.2, -0.15) is 0 Å². The molecule has 2 aromatic carbocycles. The standard InChI is InChI=1S/C17H20N2O/c1-12-3-4-14(13(2)11-12)9-10-19-17(20)15-5-7-16(18)8-6-15/h3-8,11H,9-10,18H2,1-2H3,(H,19,20). The molecule has 3 N–H and O–H groups in total. The van der Waals surface area contributed by atoms with Crippen molar-refractivity contribution in [1.82, 2.24) is 5.32 Å². The van der Waals surface area contributed by atoms with Gasteiger partial charge in [0.25, 0.3) is 5.91 Å². The van der Waals surface area contributed by atoms with E-state index >= 15 is 0 Å². The normalized spacial score (nSPS) is 10.3. The van der Waals surface area contributed by atoms with Crippen LogP contribution < -0.4 is 11.1 Å². The molecule has 104 valence electrons. The summed E-state index contributed by atoms with van der Waals surface area (Å²) in [5.41, 5.74) is 10.7. The van der Waals surface area contributed by atoms with E-state index < -0.39 is 0 Å². The molecule has 0 saturated heterocycles. The largest absolute Gasteiger partial charge is 0.399 e. The lowest BCUT2D eigenvalue weighted by atomic mass is 10.0. The highest BCUT2D eigenvalue weighted by Crippen LogP contribution is 2.11. The van der Waals surface area contributed by atoms with E-state index in [1.165, 1.54) is 16.7 Å². The fourth-order valence-corrected chi connectivity index (χ4v) is 2.17. The number of amides is 1. The molecule has 0 aliphatic carbocycles. The monoisotopic (exact) mass is 268 g/mol. The molecule has 0 aromatic heterocycles. The summed E-state index contributed by atoms with van der Waals surface area (Å²) in [7, 11) is 0. The topological polar surface area (TPSA) is 55.1 Å². The molecule has 2 rings (SSSR count). The molecule has 0 aliphatic rings. The Morgan fingerprint density at radius 1 is 1.10 bits per heavy atom. The Bertz CT molecular complexity index is 603. The van der Waals surface area contributed by atoms with Gasteiger partial charge in [-0.25, -0.2) is 0 Å². The second kappa shape index (κ2) is 6.24. The second-order valence-electron chi connectivity index (χ2n) is 5.06. The third kappa shape index (κ3) is 3.60. The zero-order chi connectivity index (χ0) is 14.5. The maximum absolute atomic E-state index is 11.9. The molecule has 2 aromatic rings. The molecular weight excluding hydrogens is 248 g/mol. The Labute approximate surface area is 119 Å². The fraction of sp³-hybridized carbons (Fsp3) is 0.235. The van der Waals surface area contributed by atoms with Crippen LogP contribution in [0, 0.1) is 13.8 Å². The Hall–Kier alpha value is -2.29. The number of carbonyl (C=O) groups is 1. The van der Waals surface area contributed by atoms with E-state index in [0.29, 0.717) is 17.8 Å². The maximum atomic E-state index is 11.9. The molecule has 0 saturated carbocycles. The van der Waals surface area contributed by atoms with Crippen LogP contribution in [0.25, 0.3) is 0 Å². The van der Waals surface area contributed by atoms with Gasteiger partial charge in [-0.3, -0.25) is 4.79 Å². The van der Waals surface area contributed by atoms with E-state index in [1.54, 1.807) is 24.3 Å². The first kappa shape index (κ1) is 14.1. The Morgan fingerprint density at radius 3 is 2.45 bits per heavy atom. The van der Waals surface area contributed by atoms with Crippen LogP contribution in [0.5, 0.6) is 0 Å². The minimum atomic E-state index is -0.0604. The van der Waals surface area contributed by atoms with Gasteiger partial charge in [0.05, 0.1) is 0 Å². The molecule has 20 heavy (non-hydrogen) atoms. The van der Waals surface area contributed by atoms with Crippen molar-refractivity contribution >= 4 is 11.6 Å². The van der Waals surface area contributed by atoms with Crippen molar-refractivity contribution in [3.05, 3.63) is 64.7 Å². The highest BCUT2D eigenvalue weighted by Gasteiger charge is 2.05. The minimum absolute atomic E-state index is 0.0604. The summed E-state index contributed by atoms with van der Waals surface area (Å²) >= 11 is 0. The Morgan fingerprint density at radius 2 is 1.80 bits per heavy atom. The van der Waals surface area contributed by atoms with Crippen molar-refractivity contribution in [1.29, 1.82) is 0 Å². The van der Waals surface area contributed by atoms with Crippen LogP contribution in [0.4, 0.5) is 5.69 Å². The van der Waals surface area contributed by atoms with E-state index in [9.17, 15) is 4.79 Å². The van der Waals surface area contributed by atoms with E-state index in [0.717, 1.165) is 6.42 Å². The van der Waals surface area contributed by atoms with Gasteiger partial charge in [0, 0.05) is 17.8 Å². The van der Waals surface area contributed by atoms with E-state index in [-0.39, 0.29) is 5.91 Å². The van der Waals surface area contributed by atoms with Gasteiger partial charge in [-0.05, 0) is 55.7 Å². The van der Waals surface area contributed by atoms with Gasteiger partial charge < -0.3 is 11.1 Å². The number of anilines is 1. The van der Waals surface area contributed by atoms with Crippen molar-refractivity contribution in [3.8, 4) is 0 Å². The number of aryl methyl sites for hydroxylation is 2. The van der Waals surface area contributed by atoms with Crippen molar-refractivity contribution in [2.45, 2.75) is 20.3 Å². The Kier molecular flexibility index (Phi) is 4.41. The predicted octanol–water partition coefficient (Wildman–Crippen LogP) is 2.86. The molecule has 3 nitrogen and oxygen atoms in total. The quantitative estimate of drug-likeness (QED) is 0.838. The van der Waals surface area contributed by atoms with E-state index in [1.807, 2.05) is 0 Å². The van der Waals surface area contributed by atoms with Crippen LogP contribution in [0.1, 0.15) is 27.0 Å².